The fourth-order valence-corrected chi connectivity index (χ4v) is 6.72. The molecule has 0 atom stereocenters. The Bertz CT molecular complexity index is 1570. The largest absolute Gasteiger partial charge is 0.497 e. The van der Waals surface area contributed by atoms with Crippen molar-refractivity contribution in [2.45, 2.75) is 22.6 Å². The Morgan fingerprint density at radius 1 is 0.769 bits per heavy atom. The van der Waals surface area contributed by atoms with Crippen molar-refractivity contribution in [1.29, 1.82) is 0 Å². The second kappa shape index (κ2) is 11.5. The maximum absolute atomic E-state index is 13.1. The molecule has 1 fully saturated rings. The highest BCUT2D eigenvalue weighted by atomic mass is 32.2. The maximum Gasteiger partial charge on any atom is 0.262 e. The van der Waals surface area contributed by atoms with E-state index < -0.39 is 26.0 Å². The predicted molar refractivity (Wildman–Crippen MR) is 146 cm³/mol. The van der Waals surface area contributed by atoms with Crippen LogP contribution in [0.25, 0.3) is 0 Å². The van der Waals surface area contributed by atoms with Crippen LogP contribution < -0.4 is 24.2 Å². The molecule has 1 aliphatic rings. The summed E-state index contributed by atoms with van der Waals surface area (Å²) in [5.74, 6) is 0.342. The lowest BCUT2D eigenvalue weighted by Gasteiger charge is -2.17. The molecule has 0 bridgehead atoms. The summed E-state index contributed by atoms with van der Waals surface area (Å²) in [5, 5.41) is 2.66. The fraction of sp³-hybridized carbons (Fsp3) is 0.269. The minimum absolute atomic E-state index is 0.00386. The van der Waals surface area contributed by atoms with Gasteiger partial charge in [-0.25, -0.2) is 16.8 Å². The van der Waals surface area contributed by atoms with Crippen LogP contribution in [0.5, 0.6) is 17.2 Å². The number of methoxy groups -OCH3 is 3. The molecule has 3 aromatic carbocycles. The molecule has 0 aliphatic carbocycles. The standard InChI is InChI=1S/C26H29N3O8S2/c1-35-19-8-12-25(37-3)23(16-19)28-38(31,32)20-9-6-18(7-10-20)27-26(30)22-17-21(11-13-24(22)36-2)39(33,34)29-14-4-5-15-29/h6-13,16-17,28H,4-5,14-15H2,1-3H3,(H,27,30). The molecule has 0 aromatic heterocycles. The van der Waals surface area contributed by atoms with Gasteiger partial charge in [-0.15, -0.1) is 0 Å². The average molecular weight is 576 g/mol. The Kier molecular flexibility index (Phi) is 8.33. The molecular weight excluding hydrogens is 546 g/mol. The third-order valence-corrected chi connectivity index (χ3v) is 9.47. The van der Waals surface area contributed by atoms with Gasteiger partial charge in [0.15, 0.2) is 0 Å². The highest BCUT2D eigenvalue weighted by molar-refractivity contribution is 7.92. The summed E-state index contributed by atoms with van der Waals surface area (Å²) in [6.45, 7) is 0.870. The predicted octanol–water partition coefficient (Wildman–Crippen LogP) is 3.55. The molecule has 11 nitrogen and oxygen atoms in total. The lowest BCUT2D eigenvalue weighted by molar-refractivity contribution is 0.102. The van der Waals surface area contributed by atoms with Crippen molar-refractivity contribution in [1.82, 2.24) is 4.31 Å². The monoisotopic (exact) mass is 575 g/mol. The van der Waals surface area contributed by atoms with E-state index in [4.69, 9.17) is 14.2 Å². The van der Waals surface area contributed by atoms with E-state index in [1.165, 1.54) is 74.2 Å². The third-order valence-electron chi connectivity index (χ3n) is 6.19. The van der Waals surface area contributed by atoms with Gasteiger partial charge in [0.25, 0.3) is 15.9 Å². The van der Waals surface area contributed by atoms with Crippen LogP contribution in [0.3, 0.4) is 0 Å². The number of nitrogens with zero attached hydrogens (tertiary/aromatic N) is 1. The van der Waals surface area contributed by atoms with E-state index in [0.717, 1.165) is 12.8 Å². The number of carbonyl (C=O) groups excluding carboxylic acids is 1. The zero-order valence-electron chi connectivity index (χ0n) is 21.6. The number of hydrogen-bond donors (Lipinski definition) is 2. The van der Waals surface area contributed by atoms with Crippen molar-refractivity contribution in [3.8, 4) is 17.2 Å². The van der Waals surface area contributed by atoms with Gasteiger partial charge in [0.2, 0.25) is 10.0 Å². The van der Waals surface area contributed by atoms with Gasteiger partial charge < -0.3 is 19.5 Å². The maximum atomic E-state index is 13.1. The Hall–Kier alpha value is -3.81. The van der Waals surface area contributed by atoms with E-state index in [1.807, 2.05) is 0 Å². The average Bonchev–Trinajstić information content (AvgIpc) is 3.49. The van der Waals surface area contributed by atoms with Crippen LogP contribution in [-0.2, 0) is 20.0 Å². The van der Waals surface area contributed by atoms with Crippen molar-refractivity contribution in [2.75, 3.05) is 44.5 Å². The molecule has 1 heterocycles. The van der Waals surface area contributed by atoms with Gasteiger partial charge in [0.1, 0.15) is 17.2 Å². The molecule has 3 aromatic rings. The van der Waals surface area contributed by atoms with Crippen LogP contribution in [0.4, 0.5) is 11.4 Å². The number of carbonyl (C=O) groups is 1. The summed E-state index contributed by atoms with van der Waals surface area (Å²) in [6, 6.07) is 14.3. The summed E-state index contributed by atoms with van der Waals surface area (Å²) in [6.07, 6.45) is 1.58. The molecule has 1 amide bonds. The number of hydrogen-bond acceptors (Lipinski definition) is 8. The van der Waals surface area contributed by atoms with Gasteiger partial charge in [-0.3, -0.25) is 9.52 Å². The first-order chi connectivity index (χ1) is 18.6. The first kappa shape index (κ1) is 28.2. The first-order valence-electron chi connectivity index (χ1n) is 11.9. The molecular formula is C26H29N3O8S2. The molecule has 208 valence electrons. The zero-order valence-corrected chi connectivity index (χ0v) is 23.3. The molecule has 0 unspecified atom stereocenters. The third kappa shape index (κ3) is 6.10. The smallest absolute Gasteiger partial charge is 0.262 e. The second-order valence-corrected chi connectivity index (χ2v) is 12.2. The number of anilines is 2. The molecule has 39 heavy (non-hydrogen) atoms. The quantitative estimate of drug-likeness (QED) is 0.374. The lowest BCUT2D eigenvalue weighted by Crippen LogP contribution is -2.28. The van der Waals surface area contributed by atoms with E-state index in [2.05, 4.69) is 10.0 Å². The van der Waals surface area contributed by atoms with Gasteiger partial charge >= 0.3 is 0 Å². The molecule has 4 rings (SSSR count). The number of rotatable bonds is 10. The number of ether oxygens (including phenoxy) is 3. The van der Waals surface area contributed by atoms with Gasteiger partial charge in [0.05, 0.1) is 42.4 Å². The highest BCUT2D eigenvalue weighted by Crippen LogP contribution is 2.31. The Balaban J connectivity index is 1.54. The van der Waals surface area contributed by atoms with Gasteiger partial charge in [-0.1, -0.05) is 0 Å². The topological polar surface area (TPSA) is 140 Å². The Labute approximate surface area is 227 Å². The van der Waals surface area contributed by atoms with Crippen molar-refractivity contribution in [3.63, 3.8) is 0 Å². The van der Waals surface area contributed by atoms with E-state index in [-0.39, 0.29) is 26.8 Å². The van der Waals surface area contributed by atoms with E-state index in [0.29, 0.717) is 30.3 Å². The lowest BCUT2D eigenvalue weighted by atomic mass is 10.2. The van der Waals surface area contributed by atoms with Crippen LogP contribution in [0.1, 0.15) is 23.2 Å². The Morgan fingerprint density at radius 3 is 2.00 bits per heavy atom. The second-order valence-electron chi connectivity index (χ2n) is 8.62. The molecule has 13 heteroatoms. The molecule has 2 N–H and O–H groups in total. The minimum atomic E-state index is -4.00. The van der Waals surface area contributed by atoms with Gasteiger partial charge in [-0.05, 0) is 67.4 Å². The summed E-state index contributed by atoms with van der Waals surface area (Å²) >= 11 is 0. The summed E-state index contributed by atoms with van der Waals surface area (Å²) in [5.41, 5.74) is 0.527. The number of amides is 1. The van der Waals surface area contributed by atoms with E-state index >= 15 is 0 Å². The first-order valence-corrected chi connectivity index (χ1v) is 14.9. The van der Waals surface area contributed by atoms with Crippen molar-refractivity contribution < 1.29 is 35.8 Å². The van der Waals surface area contributed by atoms with Gasteiger partial charge in [0, 0.05) is 24.8 Å². The van der Waals surface area contributed by atoms with Crippen LogP contribution in [-0.4, -0.2) is 61.5 Å². The molecule has 1 aliphatic heterocycles. The van der Waals surface area contributed by atoms with E-state index in [1.54, 1.807) is 12.1 Å². The SMILES string of the molecule is COc1ccc(OC)c(NS(=O)(=O)c2ccc(NC(=O)c3cc(S(=O)(=O)N4CCCC4)ccc3OC)cc2)c1. The molecule has 0 saturated carbocycles. The molecule has 0 spiro atoms. The van der Waals surface area contributed by atoms with Crippen LogP contribution in [0.15, 0.2) is 70.5 Å². The zero-order chi connectivity index (χ0) is 28.2. The molecule has 1 saturated heterocycles. The van der Waals surface area contributed by atoms with Crippen molar-refractivity contribution >= 4 is 37.3 Å². The summed E-state index contributed by atoms with van der Waals surface area (Å²) in [4.78, 5) is 13.0. The normalized spacial score (nSPS) is 14.0. The summed E-state index contributed by atoms with van der Waals surface area (Å²) in [7, 11) is -3.48. The van der Waals surface area contributed by atoms with Crippen molar-refractivity contribution in [3.05, 3.63) is 66.2 Å². The van der Waals surface area contributed by atoms with Crippen LogP contribution >= 0.6 is 0 Å². The summed E-state index contributed by atoms with van der Waals surface area (Å²) < 4.78 is 71.4. The van der Waals surface area contributed by atoms with Crippen LogP contribution in [0, 0.1) is 0 Å². The minimum Gasteiger partial charge on any atom is -0.497 e. The number of sulfonamides is 2. The number of benzene rings is 3. The Morgan fingerprint density at radius 2 is 1.38 bits per heavy atom. The van der Waals surface area contributed by atoms with Gasteiger partial charge in [-0.2, -0.15) is 4.31 Å². The number of nitrogens with one attached hydrogen (secondary N) is 2. The van der Waals surface area contributed by atoms with Crippen LogP contribution in [0.2, 0.25) is 0 Å². The molecule has 0 radical (unpaired) electrons. The van der Waals surface area contributed by atoms with Crippen molar-refractivity contribution in [2.24, 2.45) is 0 Å². The van der Waals surface area contributed by atoms with E-state index in [9.17, 15) is 21.6 Å². The fourth-order valence-electron chi connectivity index (χ4n) is 4.12. The highest BCUT2D eigenvalue weighted by Gasteiger charge is 2.29.